The van der Waals surface area contributed by atoms with Crippen molar-refractivity contribution in [2.75, 3.05) is 19.5 Å². The molecule has 1 N–H and O–H groups in total. The second-order valence-electron chi connectivity index (χ2n) is 5.33. The highest BCUT2D eigenvalue weighted by Gasteiger charge is 2.17. The maximum atomic E-state index is 12.7. The van der Waals surface area contributed by atoms with Crippen LogP contribution >= 0.6 is 11.6 Å². The quantitative estimate of drug-likeness (QED) is 0.788. The van der Waals surface area contributed by atoms with Crippen molar-refractivity contribution in [2.24, 2.45) is 0 Å². The van der Waals surface area contributed by atoms with Crippen molar-refractivity contribution in [1.82, 2.24) is 14.5 Å². The molecule has 124 valence electrons. The van der Waals surface area contributed by atoms with Gasteiger partial charge in [0.1, 0.15) is 5.82 Å². The average molecular weight is 345 g/mol. The van der Waals surface area contributed by atoms with Gasteiger partial charge in [0.15, 0.2) is 0 Å². The number of ether oxygens (including phenoxy) is 1. The minimum Gasteiger partial charge on any atom is -0.380 e. The van der Waals surface area contributed by atoms with Gasteiger partial charge in [-0.25, -0.2) is 4.79 Å². The molecular weight excluding hydrogens is 328 g/mol. The zero-order valence-electron chi connectivity index (χ0n) is 13.6. The molecule has 0 aliphatic heterocycles. The second kappa shape index (κ2) is 6.59. The molecule has 2 aromatic heterocycles. The van der Waals surface area contributed by atoms with Gasteiger partial charge in [-0.2, -0.15) is 4.98 Å². The van der Waals surface area contributed by atoms with Gasteiger partial charge < -0.3 is 10.1 Å². The fraction of sp³-hybridized carbons (Fsp3) is 0.235. The number of nitrogens with zero attached hydrogens (tertiary/aromatic N) is 3. The fourth-order valence-corrected chi connectivity index (χ4v) is 3.03. The standard InChI is InChI=1S/C17H17ClN4O2/c1-10-13(5-4-6-20-10)22-14-8-12(18)7-11(9-24-3)15(14)16(19-2)21-17(22)23/h4-8H,9H2,1-3H3,(H,19,21,23). The van der Waals surface area contributed by atoms with Gasteiger partial charge in [-0.05, 0) is 36.8 Å². The van der Waals surface area contributed by atoms with E-state index in [0.29, 0.717) is 28.7 Å². The largest absolute Gasteiger partial charge is 0.380 e. The third-order valence-electron chi connectivity index (χ3n) is 3.80. The first-order valence-corrected chi connectivity index (χ1v) is 7.78. The Morgan fingerprint density at radius 1 is 1.38 bits per heavy atom. The maximum absolute atomic E-state index is 12.7. The van der Waals surface area contributed by atoms with Crippen LogP contribution in [0.15, 0.2) is 35.3 Å². The monoisotopic (exact) mass is 344 g/mol. The van der Waals surface area contributed by atoms with Gasteiger partial charge in [-0.1, -0.05) is 11.6 Å². The first-order valence-electron chi connectivity index (χ1n) is 7.40. The van der Waals surface area contributed by atoms with E-state index in [1.165, 1.54) is 4.57 Å². The van der Waals surface area contributed by atoms with Crippen LogP contribution in [0.4, 0.5) is 5.82 Å². The summed E-state index contributed by atoms with van der Waals surface area (Å²) >= 11 is 6.28. The molecule has 3 aromatic rings. The molecule has 6 nitrogen and oxygen atoms in total. The van der Waals surface area contributed by atoms with Crippen molar-refractivity contribution in [1.29, 1.82) is 0 Å². The van der Waals surface area contributed by atoms with Crippen LogP contribution in [0.2, 0.25) is 5.02 Å². The summed E-state index contributed by atoms with van der Waals surface area (Å²) in [4.78, 5) is 21.1. The second-order valence-corrected chi connectivity index (χ2v) is 5.76. The lowest BCUT2D eigenvalue weighted by molar-refractivity contribution is 0.186. The maximum Gasteiger partial charge on any atom is 0.354 e. The number of aryl methyl sites for hydroxylation is 1. The van der Waals surface area contributed by atoms with Crippen molar-refractivity contribution in [3.63, 3.8) is 0 Å². The van der Waals surface area contributed by atoms with Crippen LogP contribution in [0, 0.1) is 6.92 Å². The molecule has 0 spiro atoms. The van der Waals surface area contributed by atoms with Crippen molar-refractivity contribution < 1.29 is 4.74 Å². The summed E-state index contributed by atoms with van der Waals surface area (Å²) in [6, 6.07) is 7.20. The van der Waals surface area contributed by atoms with E-state index >= 15 is 0 Å². The van der Waals surface area contributed by atoms with E-state index in [2.05, 4.69) is 15.3 Å². The molecule has 0 fully saturated rings. The van der Waals surface area contributed by atoms with Gasteiger partial charge in [-0.3, -0.25) is 9.55 Å². The number of nitrogens with one attached hydrogen (secondary N) is 1. The lowest BCUT2D eigenvalue weighted by atomic mass is 10.1. The molecule has 0 radical (unpaired) electrons. The third-order valence-corrected chi connectivity index (χ3v) is 4.02. The first-order chi connectivity index (χ1) is 11.6. The number of fused-ring (bicyclic) bond motifs is 1. The number of hydrogen-bond donors (Lipinski definition) is 1. The predicted molar refractivity (Wildman–Crippen MR) is 95.1 cm³/mol. The minimum absolute atomic E-state index is 0.359. The van der Waals surface area contributed by atoms with E-state index < -0.39 is 5.69 Å². The molecule has 0 saturated heterocycles. The van der Waals surface area contributed by atoms with Gasteiger partial charge in [0, 0.05) is 30.8 Å². The van der Waals surface area contributed by atoms with Gasteiger partial charge in [0.2, 0.25) is 0 Å². The van der Waals surface area contributed by atoms with E-state index in [0.717, 1.165) is 16.6 Å². The molecule has 0 amide bonds. The number of hydrogen-bond acceptors (Lipinski definition) is 5. The first kappa shape index (κ1) is 16.4. The Bertz CT molecular complexity index is 969. The number of aromatic nitrogens is 3. The zero-order chi connectivity index (χ0) is 17.3. The molecule has 2 heterocycles. The minimum atomic E-state index is -0.395. The Labute approximate surface area is 144 Å². The normalized spacial score (nSPS) is 11.0. The molecule has 0 bridgehead atoms. The molecule has 3 rings (SSSR count). The van der Waals surface area contributed by atoms with Crippen LogP contribution < -0.4 is 11.0 Å². The fourth-order valence-electron chi connectivity index (χ4n) is 2.80. The summed E-state index contributed by atoms with van der Waals surface area (Å²) in [7, 11) is 3.34. The van der Waals surface area contributed by atoms with Crippen LogP contribution in [-0.4, -0.2) is 28.7 Å². The molecular formula is C17H17ClN4O2. The molecule has 1 aromatic carbocycles. The number of anilines is 1. The molecule has 7 heteroatoms. The van der Waals surface area contributed by atoms with E-state index in [1.807, 2.05) is 19.1 Å². The summed E-state index contributed by atoms with van der Waals surface area (Å²) in [5, 5.41) is 4.31. The van der Waals surface area contributed by atoms with Crippen LogP contribution in [0.25, 0.3) is 16.6 Å². The Hall–Kier alpha value is -2.44. The number of methoxy groups -OCH3 is 1. The highest BCUT2D eigenvalue weighted by atomic mass is 35.5. The van der Waals surface area contributed by atoms with Crippen molar-refractivity contribution in [3.05, 3.63) is 57.2 Å². The van der Waals surface area contributed by atoms with Crippen LogP contribution in [0.3, 0.4) is 0 Å². The number of rotatable bonds is 4. The molecule has 0 atom stereocenters. The summed E-state index contributed by atoms with van der Waals surface area (Å²) in [5.74, 6) is 0.497. The average Bonchev–Trinajstić information content (AvgIpc) is 2.55. The Kier molecular flexibility index (Phi) is 4.51. The van der Waals surface area contributed by atoms with Gasteiger partial charge in [-0.15, -0.1) is 0 Å². The zero-order valence-corrected chi connectivity index (χ0v) is 14.4. The molecule has 0 aliphatic rings. The van der Waals surface area contributed by atoms with Crippen LogP contribution in [0.5, 0.6) is 0 Å². The van der Waals surface area contributed by atoms with Crippen LogP contribution in [-0.2, 0) is 11.3 Å². The topological polar surface area (TPSA) is 69.0 Å². The highest BCUT2D eigenvalue weighted by molar-refractivity contribution is 6.31. The number of halogens is 1. The van der Waals surface area contributed by atoms with Gasteiger partial charge in [0.05, 0.1) is 23.5 Å². The van der Waals surface area contributed by atoms with Crippen LogP contribution in [0.1, 0.15) is 11.3 Å². The molecule has 24 heavy (non-hydrogen) atoms. The van der Waals surface area contributed by atoms with E-state index in [-0.39, 0.29) is 0 Å². The van der Waals surface area contributed by atoms with Gasteiger partial charge in [0.25, 0.3) is 0 Å². The van der Waals surface area contributed by atoms with E-state index in [9.17, 15) is 4.79 Å². The Morgan fingerprint density at radius 3 is 2.83 bits per heavy atom. The lowest BCUT2D eigenvalue weighted by Gasteiger charge is -2.16. The smallest absolute Gasteiger partial charge is 0.354 e. The Balaban J connectivity index is 2.49. The SMILES string of the molecule is CNc1nc(=O)n(-c2cccnc2C)c2cc(Cl)cc(COC)c12. The van der Waals surface area contributed by atoms with Crippen molar-refractivity contribution >= 4 is 28.3 Å². The van der Waals surface area contributed by atoms with E-state index in [1.54, 1.807) is 32.5 Å². The summed E-state index contributed by atoms with van der Waals surface area (Å²) in [6.45, 7) is 2.21. The number of pyridine rings is 1. The molecule has 0 aliphatic carbocycles. The summed E-state index contributed by atoms with van der Waals surface area (Å²) in [6.07, 6.45) is 1.69. The molecule has 0 saturated carbocycles. The van der Waals surface area contributed by atoms with Gasteiger partial charge >= 0.3 is 5.69 Å². The predicted octanol–water partition coefficient (Wildman–Crippen LogP) is 2.93. The van der Waals surface area contributed by atoms with Crippen molar-refractivity contribution in [2.45, 2.75) is 13.5 Å². The summed E-state index contributed by atoms with van der Waals surface area (Å²) in [5.41, 5.74) is 2.53. The third kappa shape index (κ3) is 2.74. The summed E-state index contributed by atoms with van der Waals surface area (Å²) < 4.78 is 6.81. The number of benzene rings is 1. The highest BCUT2D eigenvalue weighted by Crippen LogP contribution is 2.30. The lowest BCUT2D eigenvalue weighted by Crippen LogP contribution is -2.24. The molecule has 0 unspecified atom stereocenters. The Morgan fingerprint density at radius 2 is 2.17 bits per heavy atom. The van der Waals surface area contributed by atoms with Crippen molar-refractivity contribution in [3.8, 4) is 5.69 Å². The van der Waals surface area contributed by atoms with E-state index in [4.69, 9.17) is 16.3 Å².